The third kappa shape index (κ3) is 15.9. The molecule has 6 nitrogen and oxygen atoms in total. The number of hydrogen-bond acceptors (Lipinski definition) is 4. The van der Waals surface area contributed by atoms with Crippen molar-refractivity contribution in [3.63, 3.8) is 0 Å². The minimum atomic E-state index is -1.08. The van der Waals surface area contributed by atoms with Gasteiger partial charge in [0.05, 0.1) is 6.61 Å². The van der Waals surface area contributed by atoms with Gasteiger partial charge in [-0.05, 0) is 50.7 Å². The van der Waals surface area contributed by atoms with Crippen molar-refractivity contribution in [1.82, 2.24) is 0 Å². The number of carboxylic acid groups (broad SMARTS) is 2. The fourth-order valence-corrected chi connectivity index (χ4v) is 3.62. The van der Waals surface area contributed by atoms with E-state index in [0.29, 0.717) is 18.0 Å². The minimum Gasteiger partial charge on any atom is -0.494 e. The third-order valence-electron chi connectivity index (χ3n) is 5.45. The first-order valence-electron chi connectivity index (χ1n) is 12.7. The SMILES string of the molecule is CCCCC/C=C\C/C=C\CCCCCCCCOc1cccc(N(CC(=O)O)CC(=O)O)c1. The van der Waals surface area contributed by atoms with Crippen molar-refractivity contribution in [3.8, 4) is 5.75 Å². The normalized spacial score (nSPS) is 11.3. The van der Waals surface area contributed by atoms with Gasteiger partial charge in [-0.2, -0.15) is 0 Å². The van der Waals surface area contributed by atoms with Gasteiger partial charge in [-0.1, -0.05) is 75.8 Å². The van der Waals surface area contributed by atoms with Crippen LogP contribution in [0.4, 0.5) is 5.69 Å². The van der Waals surface area contributed by atoms with Crippen LogP contribution < -0.4 is 9.64 Å². The Morgan fingerprint density at radius 2 is 1.41 bits per heavy atom. The summed E-state index contributed by atoms with van der Waals surface area (Å²) in [4.78, 5) is 23.4. The van der Waals surface area contributed by atoms with Gasteiger partial charge >= 0.3 is 11.9 Å². The summed E-state index contributed by atoms with van der Waals surface area (Å²) in [5, 5.41) is 18.0. The Morgan fingerprint density at radius 3 is 2.03 bits per heavy atom. The van der Waals surface area contributed by atoms with Crippen LogP contribution >= 0.6 is 0 Å². The van der Waals surface area contributed by atoms with Crippen molar-refractivity contribution in [3.05, 3.63) is 48.6 Å². The summed E-state index contributed by atoms with van der Waals surface area (Å²) in [6.45, 7) is 2.08. The van der Waals surface area contributed by atoms with Gasteiger partial charge in [0.25, 0.3) is 0 Å². The topological polar surface area (TPSA) is 87.1 Å². The van der Waals surface area contributed by atoms with E-state index in [9.17, 15) is 9.59 Å². The molecule has 0 aliphatic carbocycles. The van der Waals surface area contributed by atoms with Crippen LogP contribution in [0.5, 0.6) is 5.75 Å². The number of hydrogen-bond donors (Lipinski definition) is 2. The molecule has 0 spiro atoms. The Balaban J connectivity index is 2.11. The maximum Gasteiger partial charge on any atom is 0.323 e. The monoisotopic (exact) mass is 473 g/mol. The minimum absolute atomic E-state index is 0.373. The van der Waals surface area contributed by atoms with E-state index in [2.05, 4.69) is 31.2 Å². The van der Waals surface area contributed by atoms with Crippen molar-refractivity contribution in [2.75, 3.05) is 24.6 Å². The standard InChI is InChI=1S/C28H43NO5/c1-2-3-4-5-6-7-8-9-10-11-12-13-14-15-16-17-21-34-26-20-18-19-25(22-26)29(23-27(30)31)24-28(32)33/h6-7,9-10,18-20,22H,2-5,8,11-17,21,23-24H2,1H3,(H,30,31)(H,32,33)/b7-6-,10-9-. The summed E-state index contributed by atoms with van der Waals surface area (Å²) in [5.74, 6) is -1.52. The zero-order valence-corrected chi connectivity index (χ0v) is 20.8. The Hall–Kier alpha value is -2.76. The van der Waals surface area contributed by atoms with E-state index in [1.54, 1.807) is 24.3 Å². The molecule has 2 N–H and O–H groups in total. The molecule has 1 aromatic carbocycles. The number of anilines is 1. The van der Waals surface area contributed by atoms with Gasteiger partial charge in [0.15, 0.2) is 0 Å². The number of nitrogens with zero attached hydrogens (tertiary/aromatic N) is 1. The molecule has 0 saturated carbocycles. The number of unbranched alkanes of at least 4 members (excludes halogenated alkanes) is 9. The zero-order valence-electron chi connectivity index (χ0n) is 20.8. The number of benzene rings is 1. The first-order chi connectivity index (χ1) is 16.5. The summed E-state index contributed by atoms with van der Waals surface area (Å²) in [7, 11) is 0. The second-order valence-electron chi connectivity index (χ2n) is 8.57. The molecule has 190 valence electrons. The lowest BCUT2D eigenvalue weighted by Gasteiger charge is -2.21. The lowest BCUT2D eigenvalue weighted by atomic mass is 10.1. The molecule has 34 heavy (non-hydrogen) atoms. The van der Waals surface area contributed by atoms with Crippen LogP contribution in [-0.4, -0.2) is 41.8 Å². The fraction of sp³-hybridized carbons (Fsp3) is 0.571. The fourth-order valence-electron chi connectivity index (χ4n) is 3.62. The van der Waals surface area contributed by atoms with Gasteiger partial charge < -0.3 is 19.8 Å². The Labute approximate surface area is 205 Å². The molecular weight excluding hydrogens is 430 g/mol. The summed E-state index contributed by atoms with van der Waals surface area (Å²) >= 11 is 0. The molecule has 0 aliphatic rings. The van der Waals surface area contributed by atoms with Crippen molar-refractivity contribution in [2.24, 2.45) is 0 Å². The van der Waals surface area contributed by atoms with Gasteiger partial charge in [0.1, 0.15) is 18.8 Å². The van der Waals surface area contributed by atoms with Crippen LogP contribution in [-0.2, 0) is 9.59 Å². The van der Waals surface area contributed by atoms with Gasteiger partial charge in [-0.25, -0.2) is 0 Å². The van der Waals surface area contributed by atoms with Crippen molar-refractivity contribution < 1.29 is 24.5 Å². The smallest absolute Gasteiger partial charge is 0.323 e. The highest BCUT2D eigenvalue weighted by Crippen LogP contribution is 2.21. The van der Waals surface area contributed by atoms with Crippen LogP contribution in [0.15, 0.2) is 48.6 Å². The number of aliphatic carboxylic acids is 2. The summed E-state index contributed by atoms with van der Waals surface area (Å²) in [6.07, 6.45) is 23.5. The first kappa shape index (κ1) is 29.3. The number of ether oxygens (including phenoxy) is 1. The quantitative estimate of drug-likeness (QED) is 0.150. The van der Waals surface area contributed by atoms with E-state index < -0.39 is 11.9 Å². The van der Waals surface area contributed by atoms with Gasteiger partial charge in [0.2, 0.25) is 0 Å². The van der Waals surface area contributed by atoms with Crippen LogP contribution in [0.2, 0.25) is 0 Å². The van der Waals surface area contributed by atoms with Gasteiger partial charge in [-0.3, -0.25) is 9.59 Å². The third-order valence-corrected chi connectivity index (χ3v) is 5.45. The molecule has 1 rings (SSSR count). The van der Waals surface area contributed by atoms with E-state index in [1.165, 1.54) is 56.3 Å². The Kier molecular flexibility index (Phi) is 16.9. The lowest BCUT2D eigenvalue weighted by Crippen LogP contribution is -2.34. The second kappa shape index (κ2) is 19.7. The molecular formula is C28H43NO5. The Bertz CT molecular complexity index is 728. The van der Waals surface area contributed by atoms with E-state index in [1.807, 2.05) is 0 Å². The Morgan fingerprint density at radius 1 is 0.824 bits per heavy atom. The van der Waals surface area contributed by atoms with Crippen molar-refractivity contribution in [2.45, 2.75) is 84.0 Å². The summed E-state index contributed by atoms with van der Waals surface area (Å²) < 4.78 is 5.79. The molecule has 0 aromatic heterocycles. The molecule has 1 aromatic rings. The highest BCUT2D eigenvalue weighted by molar-refractivity contribution is 5.79. The first-order valence-corrected chi connectivity index (χ1v) is 12.7. The average Bonchev–Trinajstić information content (AvgIpc) is 2.80. The molecule has 0 unspecified atom stereocenters. The summed E-state index contributed by atoms with van der Waals surface area (Å²) in [5.41, 5.74) is 0.527. The highest BCUT2D eigenvalue weighted by atomic mass is 16.5. The largest absolute Gasteiger partial charge is 0.494 e. The predicted molar refractivity (Wildman–Crippen MR) is 139 cm³/mol. The number of rotatable bonds is 21. The predicted octanol–water partition coefficient (Wildman–Crippen LogP) is 6.85. The van der Waals surface area contributed by atoms with Crippen LogP contribution in [0.1, 0.15) is 84.0 Å². The molecule has 0 saturated heterocycles. The van der Waals surface area contributed by atoms with Gasteiger partial charge in [-0.15, -0.1) is 0 Å². The van der Waals surface area contributed by atoms with Crippen molar-refractivity contribution in [1.29, 1.82) is 0 Å². The number of allylic oxidation sites excluding steroid dienone is 4. The van der Waals surface area contributed by atoms with E-state index in [4.69, 9.17) is 14.9 Å². The zero-order chi connectivity index (χ0) is 24.9. The molecule has 0 heterocycles. The molecule has 6 heteroatoms. The summed E-state index contributed by atoms with van der Waals surface area (Å²) in [6, 6.07) is 6.94. The second-order valence-corrected chi connectivity index (χ2v) is 8.57. The van der Waals surface area contributed by atoms with E-state index >= 15 is 0 Å². The molecule has 0 amide bonds. The maximum atomic E-state index is 11.0. The van der Waals surface area contributed by atoms with Crippen LogP contribution in [0.3, 0.4) is 0 Å². The molecule has 0 aliphatic heterocycles. The van der Waals surface area contributed by atoms with Crippen LogP contribution in [0.25, 0.3) is 0 Å². The van der Waals surface area contributed by atoms with Crippen molar-refractivity contribution >= 4 is 17.6 Å². The maximum absolute atomic E-state index is 11.0. The number of carboxylic acids is 2. The molecule has 0 radical (unpaired) electrons. The number of carbonyl (C=O) groups is 2. The van der Waals surface area contributed by atoms with E-state index in [-0.39, 0.29) is 13.1 Å². The average molecular weight is 474 g/mol. The van der Waals surface area contributed by atoms with Gasteiger partial charge in [0, 0.05) is 11.8 Å². The molecule has 0 bridgehead atoms. The lowest BCUT2D eigenvalue weighted by molar-refractivity contribution is -0.136. The molecule has 0 atom stereocenters. The highest BCUT2D eigenvalue weighted by Gasteiger charge is 2.14. The van der Waals surface area contributed by atoms with E-state index in [0.717, 1.165) is 25.7 Å². The molecule has 0 fully saturated rings. The van der Waals surface area contributed by atoms with Crippen LogP contribution in [0, 0.1) is 0 Å².